The van der Waals surface area contributed by atoms with Gasteiger partial charge < -0.3 is 19.9 Å². The van der Waals surface area contributed by atoms with E-state index in [1.165, 1.54) is 0 Å². The molecule has 8 heteroatoms. The highest BCUT2D eigenvalue weighted by Gasteiger charge is 2.40. The third-order valence-electron chi connectivity index (χ3n) is 4.87. The Kier molecular flexibility index (Phi) is 5.70. The fourth-order valence-electron chi connectivity index (χ4n) is 3.50. The van der Waals surface area contributed by atoms with E-state index in [1.807, 2.05) is 19.9 Å². The highest BCUT2D eigenvalue weighted by atomic mass is 16.5. The molecule has 0 saturated carbocycles. The van der Waals surface area contributed by atoms with E-state index in [0.29, 0.717) is 32.3 Å². The van der Waals surface area contributed by atoms with Crippen LogP contribution in [0.25, 0.3) is 0 Å². The van der Waals surface area contributed by atoms with Crippen LogP contribution in [0.5, 0.6) is 0 Å². The minimum absolute atomic E-state index is 0.0164. The predicted molar refractivity (Wildman–Crippen MR) is 96.8 cm³/mol. The number of aromatic nitrogens is 2. The standard InChI is InChI=1S/C18H27N5O3/c1-12(2)20-17(25)15-11-23(13(3)24)10-14(15)16-4-5-19-18(21-16)22-6-8-26-9-7-22/h4-5,12,14-15H,6-11H2,1-3H3,(H,20,25)/t14-,15-/m0/s1. The van der Waals surface area contributed by atoms with E-state index in [4.69, 9.17) is 9.72 Å². The molecule has 1 N–H and O–H groups in total. The lowest BCUT2D eigenvalue weighted by Gasteiger charge is -2.27. The van der Waals surface area contributed by atoms with Gasteiger partial charge in [0.1, 0.15) is 0 Å². The van der Waals surface area contributed by atoms with E-state index >= 15 is 0 Å². The maximum absolute atomic E-state index is 12.7. The Morgan fingerprint density at radius 2 is 2.00 bits per heavy atom. The number of amides is 2. The normalized spacial score (nSPS) is 23.4. The molecule has 3 heterocycles. The van der Waals surface area contributed by atoms with E-state index in [2.05, 4.69) is 15.2 Å². The fraction of sp³-hybridized carbons (Fsp3) is 0.667. The first-order chi connectivity index (χ1) is 12.5. The summed E-state index contributed by atoms with van der Waals surface area (Å²) in [5.41, 5.74) is 0.814. The van der Waals surface area contributed by atoms with E-state index in [1.54, 1.807) is 18.0 Å². The highest BCUT2D eigenvalue weighted by Crippen LogP contribution is 2.32. The number of morpholine rings is 1. The van der Waals surface area contributed by atoms with Gasteiger partial charge >= 0.3 is 0 Å². The number of hydrogen-bond acceptors (Lipinski definition) is 6. The van der Waals surface area contributed by atoms with Gasteiger partial charge in [-0.2, -0.15) is 0 Å². The number of carbonyl (C=O) groups is 2. The van der Waals surface area contributed by atoms with Crippen molar-refractivity contribution >= 4 is 17.8 Å². The molecule has 0 radical (unpaired) electrons. The maximum atomic E-state index is 12.7. The van der Waals surface area contributed by atoms with Crippen molar-refractivity contribution in [3.05, 3.63) is 18.0 Å². The fourth-order valence-corrected chi connectivity index (χ4v) is 3.50. The number of ether oxygens (including phenoxy) is 1. The van der Waals surface area contributed by atoms with Gasteiger partial charge in [-0.15, -0.1) is 0 Å². The zero-order chi connectivity index (χ0) is 18.7. The van der Waals surface area contributed by atoms with Crippen LogP contribution in [0.3, 0.4) is 0 Å². The summed E-state index contributed by atoms with van der Waals surface area (Å²) in [6.45, 7) is 9.18. The van der Waals surface area contributed by atoms with Crippen LogP contribution in [-0.4, -0.2) is 72.1 Å². The molecule has 2 fully saturated rings. The Morgan fingerprint density at radius 3 is 2.65 bits per heavy atom. The number of anilines is 1. The summed E-state index contributed by atoms with van der Waals surface area (Å²) >= 11 is 0. The van der Waals surface area contributed by atoms with Crippen LogP contribution >= 0.6 is 0 Å². The zero-order valence-corrected chi connectivity index (χ0v) is 15.6. The summed E-state index contributed by atoms with van der Waals surface area (Å²) in [6.07, 6.45) is 1.74. The van der Waals surface area contributed by atoms with Gasteiger partial charge in [0.15, 0.2) is 0 Å². The van der Waals surface area contributed by atoms with E-state index in [0.717, 1.165) is 18.8 Å². The van der Waals surface area contributed by atoms with Crippen molar-refractivity contribution in [2.45, 2.75) is 32.7 Å². The summed E-state index contributed by atoms with van der Waals surface area (Å²) in [4.78, 5) is 37.5. The Bertz CT molecular complexity index is 660. The summed E-state index contributed by atoms with van der Waals surface area (Å²) in [6, 6.07) is 1.91. The lowest BCUT2D eigenvalue weighted by atomic mass is 9.91. The van der Waals surface area contributed by atoms with Crippen LogP contribution < -0.4 is 10.2 Å². The monoisotopic (exact) mass is 361 g/mol. The van der Waals surface area contributed by atoms with Crippen LogP contribution in [-0.2, 0) is 14.3 Å². The van der Waals surface area contributed by atoms with E-state index in [9.17, 15) is 9.59 Å². The number of nitrogens with one attached hydrogen (secondary N) is 1. The van der Waals surface area contributed by atoms with Gasteiger partial charge in [-0.25, -0.2) is 9.97 Å². The molecule has 2 saturated heterocycles. The molecule has 0 bridgehead atoms. The van der Waals surface area contributed by atoms with Crippen molar-refractivity contribution in [2.24, 2.45) is 5.92 Å². The number of nitrogens with zero attached hydrogens (tertiary/aromatic N) is 4. The Labute approximate surface area is 153 Å². The first-order valence-electron chi connectivity index (χ1n) is 9.17. The summed E-state index contributed by atoms with van der Waals surface area (Å²) in [7, 11) is 0. The van der Waals surface area contributed by atoms with Crippen molar-refractivity contribution in [1.29, 1.82) is 0 Å². The molecule has 0 aromatic carbocycles. The van der Waals surface area contributed by atoms with Crippen LogP contribution in [0, 0.1) is 5.92 Å². The third kappa shape index (κ3) is 4.12. The van der Waals surface area contributed by atoms with Gasteiger partial charge in [0.25, 0.3) is 0 Å². The van der Waals surface area contributed by atoms with Crippen LogP contribution in [0.4, 0.5) is 5.95 Å². The van der Waals surface area contributed by atoms with Crippen LogP contribution in [0.15, 0.2) is 12.3 Å². The lowest BCUT2D eigenvalue weighted by molar-refractivity contribution is -0.128. The second-order valence-corrected chi connectivity index (χ2v) is 7.18. The number of hydrogen-bond donors (Lipinski definition) is 1. The average molecular weight is 361 g/mol. The average Bonchev–Trinajstić information content (AvgIpc) is 3.08. The molecular formula is C18H27N5O3. The number of rotatable bonds is 4. The summed E-state index contributed by atoms with van der Waals surface area (Å²) in [5.74, 6) is 0.196. The molecule has 0 spiro atoms. The van der Waals surface area contributed by atoms with Gasteiger partial charge in [-0.1, -0.05) is 0 Å². The molecule has 0 aliphatic carbocycles. The van der Waals surface area contributed by atoms with Crippen molar-refractivity contribution in [1.82, 2.24) is 20.2 Å². The highest BCUT2D eigenvalue weighted by molar-refractivity contribution is 5.82. The Balaban J connectivity index is 1.84. The minimum atomic E-state index is -0.297. The second-order valence-electron chi connectivity index (χ2n) is 7.18. The molecule has 8 nitrogen and oxygen atoms in total. The smallest absolute Gasteiger partial charge is 0.225 e. The van der Waals surface area contributed by atoms with E-state index in [-0.39, 0.29) is 29.7 Å². The topological polar surface area (TPSA) is 87.7 Å². The molecule has 142 valence electrons. The SMILES string of the molecule is CC(=O)N1C[C@H](C(=O)NC(C)C)[C@@H](c2ccnc(N3CCOCC3)n2)C1. The zero-order valence-electron chi connectivity index (χ0n) is 15.6. The Hall–Kier alpha value is -2.22. The second kappa shape index (κ2) is 7.99. The molecule has 0 unspecified atom stereocenters. The van der Waals surface area contributed by atoms with Crippen LogP contribution in [0.2, 0.25) is 0 Å². The first kappa shape index (κ1) is 18.6. The molecule has 26 heavy (non-hydrogen) atoms. The summed E-state index contributed by atoms with van der Waals surface area (Å²) < 4.78 is 5.38. The van der Waals surface area contributed by atoms with Gasteiger partial charge in [0.05, 0.1) is 24.8 Å². The molecule has 2 amide bonds. The molecule has 1 aromatic rings. The predicted octanol–water partition coefficient (Wildman–Crippen LogP) is 0.400. The van der Waals surface area contributed by atoms with Gasteiger partial charge in [-0.3, -0.25) is 9.59 Å². The van der Waals surface area contributed by atoms with Crippen molar-refractivity contribution < 1.29 is 14.3 Å². The molecular weight excluding hydrogens is 334 g/mol. The molecule has 3 rings (SSSR count). The van der Waals surface area contributed by atoms with Crippen molar-refractivity contribution in [3.63, 3.8) is 0 Å². The molecule has 2 aliphatic rings. The van der Waals surface area contributed by atoms with Gasteiger partial charge in [0, 0.05) is 51.3 Å². The molecule has 2 aliphatic heterocycles. The quantitative estimate of drug-likeness (QED) is 0.835. The van der Waals surface area contributed by atoms with Crippen LogP contribution in [0.1, 0.15) is 32.4 Å². The van der Waals surface area contributed by atoms with Gasteiger partial charge in [-0.05, 0) is 19.9 Å². The number of likely N-dealkylation sites (tertiary alicyclic amines) is 1. The van der Waals surface area contributed by atoms with Crippen molar-refractivity contribution in [2.75, 3.05) is 44.3 Å². The largest absolute Gasteiger partial charge is 0.378 e. The minimum Gasteiger partial charge on any atom is -0.378 e. The van der Waals surface area contributed by atoms with E-state index < -0.39 is 0 Å². The lowest BCUT2D eigenvalue weighted by Crippen LogP contribution is -2.39. The molecule has 1 aromatic heterocycles. The Morgan fingerprint density at radius 1 is 1.27 bits per heavy atom. The van der Waals surface area contributed by atoms with Crippen molar-refractivity contribution in [3.8, 4) is 0 Å². The third-order valence-corrected chi connectivity index (χ3v) is 4.87. The molecule has 2 atom stereocenters. The van der Waals surface area contributed by atoms with Gasteiger partial charge in [0.2, 0.25) is 17.8 Å². The number of carbonyl (C=O) groups excluding carboxylic acids is 2. The first-order valence-corrected chi connectivity index (χ1v) is 9.17. The maximum Gasteiger partial charge on any atom is 0.225 e. The summed E-state index contributed by atoms with van der Waals surface area (Å²) in [5, 5.41) is 2.97.